The van der Waals surface area contributed by atoms with Crippen LogP contribution >= 0.6 is 0 Å². The summed E-state index contributed by atoms with van der Waals surface area (Å²) >= 11 is 0. The monoisotopic (exact) mass is 347 g/mol. The first-order chi connectivity index (χ1) is 12.2. The van der Waals surface area contributed by atoms with Crippen molar-refractivity contribution in [1.29, 1.82) is 0 Å². The molecule has 5 nitrogen and oxygen atoms in total. The number of nitrogens with zero attached hydrogens (tertiary/aromatic N) is 4. The Kier molecular flexibility index (Phi) is 4.76. The fourth-order valence-corrected chi connectivity index (χ4v) is 3.79. The van der Waals surface area contributed by atoms with Crippen LogP contribution in [0.5, 0.6) is 0 Å². The van der Waals surface area contributed by atoms with Gasteiger partial charge in [-0.3, -0.25) is 4.90 Å². The van der Waals surface area contributed by atoms with Crippen LogP contribution in [0.25, 0.3) is 0 Å². The Bertz CT molecular complexity index is 705. The second-order valence-corrected chi connectivity index (χ2v) is 6.90. The van der Waals surface area contributed by atoms with Crippen LogP contribution in [-0.2, 0) is 19.6 Å². The van der Waals surface area contributed by atoms with Crippen LogP contribution in [0.4, 0.5) is 8.78 Å². The van der Waals surface area contributed by atoms with Crippen molar-refractivity contribution in [2.75, 3.05) is 19.6 Å². The third-order valence-electron chi connectivity index (χ3n) is 5.24. The summed E-state index contributed by atoms with van der Waals surface area (Å²) < 4.78 is 27.5. The Hall–Kier alpha value is -1.86. The summed E-state index contributed by atoms with van der Waals surface area (Å²) in [6.45, 7) is 5.56. The number of aromatic nitrogens is 3. The Morgan fingerprint density at radius 3 is 2.56 bits per heavy atom. The average Bonchev–Trinajstić information content (AvgIpc) is 3.07. The number of piperidine rings is 1. The van der Waals surface area contributed by atoms with E-state index in [1.165, 1.54) is 12.1 Å². The van der Waals surface area contributed by atoms with Gasteiger partial charge in [0.15, 0.2) is 0 Å². The molecular formula is C18H23F2N5. The molecule has 0 saturated carbocycles. The van der Waals surface area contributed by atoms with Crippen molar-refractivity contribution >= 4 is 0 Å². The standard InChI is InChI=1S/C18H23F2N5/c19-17(20)14-3-1-13(2-4-14)12-24-8-5-15(6-9-24)18-23-22-16-11-21-7-10-25(16)18/h1-4,15,17,21H,5-12H2. The van der Waals surface area contributed by atoms with E-state index in [9.17, 15) is 8.78 Å². The van der Waals surface area contributed by atoms with E-state index in [0.29, 0.717) is 5.92 Å². The number of rotatable bonds is 4. The first-order valence-corrected chi connectivity index (χ1v) is 8.93. The molecule has 1 aromatic carbocycles. The average molecular weight is 347 g/mol. The summed E-state index contributed by atoms with van der Waals surface area (Å²) in [5.41, 5.74) is 1.18. The number of likely N-dealkylation sites (tertiary alicyclic amines) is 1. The van der Waals surface area contributed by atoms with Gasteiger partial charge in [0.05, 0.1) is 6.54 Å². The Balaban J connectivity index is 1.34. The van der Waals surface area contributed by atoms with E-state index in [1.807, 2.05) is 12.1 Å². The first kappa shape index (κ1) is 16.6. The van der Waals surface area contributed by atoms with Gasteiger partial charge in [0, 0.05) is 31.1 Å². The highest BCUT2D eigenvalue weighted by molar-refractivity contribution is 5.23. The molecule has 3 heterocycles. The van der Waals surface area contributed by atoms with Crippen LogP contribution in [0.1, 0.15) is 48.0 Å². The topological polar surface area (TPSA) is 46.0 Å². The molecule has 2 aliphatic heterocycles. The minimum absolute atomic E-state index is 0.0912. The number of nitrogens with one attached hydrogen (secondary N) is 1. The lowest BCUT2D eigenvalue weighted by Crippen LogP contribution is -2.34. The highest BCUT2D eigenvalue weighted by Crippen LogP contribution is 2.28. The maximum Gasteiger partial charge on any atom is 0.263 e. The zero-order chi connectivity index (χ0) is 17.2. The molecule has 1 N–H and O–H groups in total. The SMILES string of the molecule is FC(F)c1ccc(CN2CCC(c3nnc4n3CCNC4)CC2)cc1. The molecule has 0 aliphatic carbocycles. The van der Waals surface area contributed by atoms with Gasteiger partial charge < -0.3 is 9.88 Å². The number of alkyl halides is 2. The van der Waals surface area contributed by atoms with Crippen molar-refractivity contribution in [3.8, 4) is 0 Å². The lowest BCUT2D eigenvalue weighted by Gasteiger charge is -2.32. The zero-order valence-corrected chi connectivity index (χ0v) is 14.2. The summed E-state index contributed by atoms with van der Waals surface area (Å²) in [6.07, 6.45) is -0.254. The molecule has 2 aliphatic rings. The Morgan fingerprint density at radius 1 is 1.08 bits per heavy atom. The van der Waals surface area contributed by atoms with Crippen molar-refractivity contribution in [3.63, 3.8) is 0 Å². The highest BCUT2D eigenvalue weighted by Gasteiger charge is 2.27. The van der Waals surface area contributed by atoms with Crippen molar-refractivity contribution in [3.05, 3.63) is 47.0 Å². The van der Waals surface area contributed by atoms with Crippen molar-refractivity contribution < 1.29 is 8.78 Å². The van der Waals surface area contributed by atoms with E-state index in [-0.39, 0.29) is 5.56 Å². The minimum Gasteiger partial charge on any atom is -0.312 e. The number of halogens is 2. The van der Waals surface area contributed by atoms with E-state index in [0.717, 1.165) is 69.3 Å². The van der Waals surface area contributed by atoms with E-state index >= 15 is 0 Å². The summed E-state index contributed by atoms with van der Waals surface area (Å²) in [4.78, 5) is 2.39. The molecule has 0 bridgehead atoms. The largest absolute Gasteiger partial charge is 0.312 e. The van der Waals surface area contributed by atoms with Gasteiger partial charge in [-0.1, -0.05) is 24.3 Å². The molecule has 0 unspecified atom stereocenters. The maximum atomic E-state index is 12.6. The predicted molar refractivity (Wildman–Crippen MR) is 90.4 cm³/mol. The van der Waals surface area contributed by atoms with Crippen molar-refractivity contribution in [2.24, 2.45) is 0 Å². The third-order valence-corrected chi connectivity index (χ3v) is 5.24. The molecule has 0 atom stereocenters. The van der Waals surface area contributed by atoms with Gasteiger partial charge in [-0.25, -0.2) is 8.78 Å². The third kappa shape index (κ3) is 3.57. The number of hydrogen-bond donors (Lipinski definition) is 1. The number of fused-ring (bicyclic) bond motifs is 1. The summed E-state index contributed by atoms with van der Waals surface area (Å²) in [5.74, 6) is 2.65. The van der Waals surface area contributed by atoms with Crippen LogP contribution < -0.4 is 5.32 Å². The van der Waals surface area contributed by atoms with Crippen LogP contribution in [0.2, 0.25) is 0 Å². The van der Waals surface area contributed by atoms with Crippen LogP contribution in [0.15, 0.2) is 24.3 Å². The van der Waals surface area contributed by atoms with Gasteiger partial charge in [-0.15, -0.1) is 10.2 Å². The maximum absolute atomic E-state index is 12.6. The molecule has 1 fully saturated rings. The van der Waals surface area contributed by atoms with Gasteiger partial charge in [-0.2, -0.15) is 0 Å². The van der Waals surface area contributed by atoms with Crippen molar-refractivity contribution in [2.45, 2.75) is 44.8 Å². The fraction of sp³-hybridized carbons (Fsp3) is 0.556. The molecule has 2 aromatic rings. The molecule has 7 heteroatoms. The predicted octanol–water partition coefficient (Wildman–Crippen LogP) is 2.70. The number of hydrogen-bond acceptors (Lipinski definition) is 4. The molecule has 0 radical (unpaired) electrons. The van der Waals surface area contributed by atoms with Gasteiger partial charge in [-0.05, 0) is 31.5 Å². The van der Waals surface area contributed by atoms with Crippen molar-refractivity contribution in [1.82, 2.24) is 25.0 Å². The fourth-order valence-electron chi connectivity index (χ4n) is 3.79. The molecule has 1 saturated heterocycles. The second kappa shape index (κ2) is 7.17. The number of benzene rings is 1. The molecular weight excluding hydrogens is 324 g/mol. The molecule has 25 heavy (non-hydrogen) atoms. The molecule has 134 valence electrons. The lowest BCUT2D eigenvalue weighted by molar-refractivity contribution is 0.151. The quantitative estimate of drug-likeness (QED) is 0.924. The molecule has 0 spiro atoms. The normalized spacial score (nSPS) is 19.3. The summed E-state index contributed by atoms with van der Waals surface area (Å²) in [6, 6.07) is 6.69. The van der Waals surface area contributed by atoms with Gasteiger partial charge in [0.1, 0.15) is 11.6 Å². The molecule has 4 rings (SSSR count). The van der Waals surface area contributed by atoms with E-state index in [1.54, 1.807) is 0 Å². The molecule has 1 aromatic heterocycles. The van der Waals surface area contributed by atoms with Crippen LogP contribution in [-0.4, -0.2) is 39.3 Å². The van der Waals surface area contributed by atoms with Crippen LogP contribution in [0, 0.1) is 0 Å². The first-order valence-electron chi connectivity index (χ1n) is 8.93. The van der Waals surface area contributed by atoms with Gasteiger partial charge in [0.2, 0.25) is 0 Å². The lowest BCUT2D eigenvalue weighted by atomic mass is 9.95. The van der Waals surface area contributed by atoms with E-state index < -0.39 is 6.43 Å². The van der Waals surface area contributed by atoms with E-state index in [2.05, 4.69) is 25.0 Å². The van der Waals surface area contributed by atoms with Gasteiger partial charge in [0.25, 0.3) is 6.43 Å². The smallest absolute Gasteiger partial charge is 0.263 e. The Labute approximate surface area is 146 Å². The second-order valence-electron chi connectivity index (χ2n) is 6.90. The van der Waals surface area contributed by atoms with E-state index in [4.69, 9.17) is 0 Å². The zero-order valence-electron chi connectivity index (χ0n) is 14.2. The highest BCUT2D eigenvalue weighted by atomic mass is 19.3. The Morgan fingerprint density at radius 2 is 1.84 bits per heavy atom. The summed E-state index contributed by atoms with van der Waals surface area (Å²) in [7, 11) is 0. The van der Waals surface area contributed by atoms with Gasteiger partial charge >= 0.3 is 0 Å². The molecule has 0 amide bonds. The van der Waals surface area contributed by atoms with Crippen LogP contribution in [0.3, 0.4) is 0 Å². The minimum atomic E-state index is -2.39. The summed E-state index contributed by atoms with van der Waals surface area (Å²) in [5, 5.41) is 12.1.